The number of fused-ring (bicyclic) bond motifs is 1. The predicted molar refractivity (Wildman–Crippen MR) is 96.2 cm³/mol. The molecule has 2 aliphatic rings. The Kier molecular flexibility index (Phi) is 4.50. The van der Waals surface area contributed by atoms with Crippen molar-refractivity contribution in [2.24, 2.45) is 5.92 Å². The lowest BCUT2D eigenvalue weighted by Gasteiger charge is -2.24. The number of para-hydroxylation sites is 1. The lowest BCUT2D eigenvalue weighted by Crippen LogP contribution is -2.45. The van der Waals surface area contributed by atoms with Gasteiger partial charge in [0.1, 0.15) is 11.3 Å². The standard InChI is InChI=1S/C18H22N2O5S/c21-13-5-6-20(9-13)18(22)15-10-26(23,24)11-16(15)19-8-14-7-12-3-1-2-4-17(12)25-14/h1-4,7,13,15-16,19,21H,5-6,8-11H2/t13-,15-,16-/m1/s1. The molecule has 1 aromatic carbocycles. The maximum Gasteiger partial charge on any atom is 0.228 e. The third-order valence-corrected chi connectivity index (χ3v) is 6.89. The van der Waals surface area contributed by atoms with Crippen molar-refractivity contribution >= 4 is 26.7 Å². The normalized spacial score (nSPS) is 28.0. The average Bonchev–Trinajstić information content (AvgIpc) is 3.28. The highest BCUT2D eigenvalue weighted by molar-refractivity contribution is 7.91. The Hall–Kier alpha value is -1.90. The molecular formula is C18H22N2O5S. The summed E-state index contributed by atoms with van der Waals surface area (Å²) in [5.41, 5.74) is 0.780. The lowest BCUT2D eigenvalue weighted by molar-refractivity contribution is -0.134. The molecule has 0 saturated carbocycles. The maximum atomic E-state index is 12.7. The average molecular weight is 378 g/mol. The van der Waals surface area contributed by atoms with Crippen LogP contribution in [0.4, 0.5) is 0 Å². The monoisotopic (exact) mass is 378 g/mol. The van der Waals surface area contributed by atoms with Crippen molar-refractivity contribution in [1.29, 1.82) is 0 Å². The van der Waals surface area contributed by atoms with E-state index in [0.29, 0.717) is 25.3 Å². The van der Waals surface area contributed by atoms with E-state index in [1.54, 1.807) is 4.90 Å². The van der Waals surface area contributed by atoms with Crippen molar-refractivity contribution in [3.8, 4) is 0 Å². The number of sulfone groups is 1. The van der Waals surface area contributed by atoms with Crippen LogP contribution in [-0.2, 0) is 21.2 Å². The van der Waals surface area contributed by atoms with Crippen LogP contribution in [-0.4, -0.2) is 61.1 Å². The largest absolute Gasteiger partial charge is 0.460 e. The quantitative estimate of drug-likeness (QED) is 0.805. The van der Waals surface area contributed by atoms with Crippen LogP contribution >= 0.6 is 0 Å². The van der Waals surface area contributed by atoms with Gasteiger partial charge in [-0.15, -0.1) is 0 Å². The van der Waals surface area contributed by atoms with Crippen molar-refractivity contribution in [3.05, 3.63) is 36.1 Å². The number of hydrogen-bond acceptors (Lipinski definition) is 6. The van der Waals surface area contributed by atoms with Crippen molar-refractivity contribution < 1.29 is 22.7 Å². The minimum absolute atomic E-state index is 0.0555. The fourth-order valence-electron chi connectivity index (χ4n) is 3.82. The Labute approximate surface area is 151 Å². The first-order chi connectivity index (χ1) is 12.4. The summed E-state index contributed by atoms with van der Waals surface area (Å²) in [5.74, 6) is -0.298. The predicted octanol–water partition coefficient (Wildman–Crippen LogP) is 0.529. The summed E-state index contributed by atoms with van der Waals surface area (Å²) < 4.78 is 30.0. The molecule has 4 rings (SSSR count). The van der Waals surface area contributed by atoms with Gasteiger partial charge in [0.15, 0.2) is 9.84 Å². The minimum atomic E-state index is -3.26. The van der Waals surface area contributed by atoms with E-state index in [2.05, 4.69) is 5.32 Å². The number of amides is 1. The van der Waals surface area contributed by atoms with Crippen molar-refractivity contribution in [2.45, 2.75) is 25.1 Å². The highest BCUT2D eigenvalue weighted by atomic mass is 32.2. The Morgan fingerprint density at radius 3 is 2.85 bits per heavy atom. The Bertz CT molecular complexity index is 890. The molecule has 26 heavy (non-hydrogen) atoms. The smallest absolute Gasteiger partial charge is 0.228 e. The number of likely N-dealkylation sites (tertiary alicyclic amines) is 1. The molecule has 2 aliphatic heterocycles. The number of hydrogen-bond donors (Lipinski definition) is 2. The Balaban J connectivity index is 1.47. The van der Waals surface area contributed by atoms with Gasteiger partial charge in [0.05, 0.1) is 30.1 Å². The van der Waals surface area contributed by atoms with Gasteiger partial charge in [-0.05, 0) is 18.6 Å². The number of nitrogens with one attached hydrogen (secondary N) is 1. The van der Waals surface area contributed by atoms with Crippen LogP contribution in [0.2, 0.25) is 0 Å². The summed E-state index contributed by atoms with van der Waals surface area (Å²) in [4.78, 5) is 14.3. The van der Waals surface area contributed by atoms with Gasteiger partial charge >= 0.3 is 0 Å². The van der Waals surface area contributed by atoms with Crippen molar-refractivity contribution in [1.82, 2.24) is 10.2 Å². The molecule has 140 valence electrons. The molecule has 3 heterocycles. The fraction of sp³-hybridized carbons (Fsp3) is 0.500. The van der Waals surface area contributed by atoms with E-state index in [4.69, 9.17) is 4.42 Å². The van der Waals surface area contributed by atoms with Gasteiger partial charge < -0.3 is 19.7 Å². The van der Waals surface area contributed by atoms with Crippen LogP contribution in [0.3, 0.4) is 0 Å². The third kappa shape index (κ3) is 3.49. The SMILES string of the molecule is O=C([C@@H]1CS(=O)(=O)C[C@H]1NCc1cc2ccccc2o1)N1CC[C@@H](O)C1. The van der Waals surface area contributed by atoms with Crippen molar-refractivity contribution in [2.75, 3.05) is 24.6 Å². The van der Waals surface area contributed by atoms with Crippen LogP contribution in [0.1, 0.15) is 12.2 Å². The van der Waals surface area contributed by atoms with Crippen LogP contribution < -0.4 is 5.32 Å². The number of aliphatic hydroxyl groups excluding tert-OH is 1. The Morgan fingerprint density at radius 1 is 1.31 bits per heavy atom. The van der Waals surface area contributed by atoms with Crippen molar-refractivity contribution in [3.63, 3.8) is 0 Å². The summed E-state index contributed by atoms with van der Waals surface area (Å²) in [6.07, 6.45) is 0.0290. The number of benzene rings is 1. The number of nitrogens with zero attached hydrogens (tertiary/aromatic N) is 1. The topological polar surface area (TPSA) is 99.8 Å². The summed E-state index contributed by atoms with van der Waals surface area (Å²) >= 11 is 0. The molecular weight excluding hydrogens is 356 g/mol. The first-order valence-corrected chi connectivity index (χ1v) is 10.6. The molecule has 2 fully saturated rings. The molecule has 1 aromatic heterocycles. The number of rotatable bonds is 4. The first kappa shape index (κ1) is 17.5. The summed E-state index contributed by atoms with van der Waals surface area (Å²) in [6.45, 7) is 1.12. The highest BCUT2D eigenvalue weighted by Gasteiger charge is 2.44. The van der Waals surface area contributed by atoms with E-state index in [0.717, 1.165) is 11.0 Å². The van der Waals surface area contributed by atoms with Gasteiger partial charge in [-0.2, -0.15) is 0 Å². The van der Waals surface area contributed by atoms with Crippen LogP contribution in [0, 0.1) is 5.92 Å². The zero-order chi connectivity index (χ0) is 18.3. The highest BCUT2D eigenvalue weighted by Crippen LogP contribution is 2.25. The Morgan fingerprint density at radius 2 is 2.12 bits per heavy atom. The minimum Gasteiger partial charge on any atom is -0.460 e. The first-order valence-electron chi connectivity index (χ1n) is 8.79. The van der Waals surface area contributed by atoms with E-state index in [9.17, 15) is 18.3 Å². The van der Waals surface area contributed by atoms with Gasteiger partial charge in [-0.25, -0.2) is 8.42 Å². The fourth-order valence-corrected chi connectivity index (χ4v) is 5.78. The molecule has 3 atom stereocenters. The molecule has 0 unspecified atom stereocenters. The van der Waals surface area contributed by atoms with Gasteiger partial charge in [-0.3, -0.25) is 4.79 Å². The van der Waals surface area contributed by atoms with Crippen LogP contribution in [0.25, 0.3) is 11.0 Å². The number of carbonyl (C=O) groups is 1. The van der Waals surface area contributed by atoms with Gasteiger partial charge in [-0.1, -0.05) is 18.2 Å². The van der Waals surface area contributed by atoms with Gasteiger partial charge in [0.25, 0.3) is 0 Å². The molecule has 1 amide bonds. The number of aliphatic hydroxyl groups is 1. The third-order valence-electron chi connectivity index (χ3n) is 5.16. The second kappa shape index (κ2) is 6.68. The van der Waals surface area contributed by atoms with Crippen LogP contribution in [0.5, 0.6) is 0 Å². The molecule has 0 aliphatic carbocycles. The molecule has 8 heteroatoms. The molecule has 2 aromatic rings. The second-order valence-corrected chi connectivity index (χ2v) is 9.30. The molecule has 0 spiro atoms. The zero-order valence-electron chi connectivity index (χ0n) is 14.3. The molecule has 2 N–H and O–H groups in total. The summed E-state index contributed by atoms with van der Waals surface area (Å²) in [5, 5.41) is 13.8. The molecule has 2 saturated heterocycles. The second-order valence-electron chi connectivity index (χ2n) is 7.15. The summed E-state index contributed by atoms with van der Waals surface area (Å²) in [7, 11) is -3.26. The molecule has 0 radical (unpaired) electrons. The number of carbonyl (C=O) groups excluding carboxylic acids is 1. The maximum absolute atomic E-state index is 12.7. The number of β-amino-alcohol motifs (C(OH)–C–C–N with tert-alkyl or cyclic N) is 1. The van der Waals surface area contributed by atoms with Gasteiger partial charge in [0.2, 0.25) is 5.91 Å². The van der Waals surface area contributed by atoms with E-state index in [1.165, 1.54) is 0 Å². The number of furan rings is 1. The van der Waals surface area contributed by atoms with E-state index in [1.807, 2.05) is 30.3 Å². The van der Waals surface area contributed by atoms with Crippen LogP contribution in [0.15, 0.2) is 34.7 Å². The van der Waals surface area contributed by atoms with E-state index < -0.39 is 27.9 Å². The lowest BCUT2D eigenvalue weighted by atomic mass is 10.0. The van der Waals surface area contributed by atoms with E-state index >= 15 is 0 Å². The van der Waals surface area contributed by atoms with E-state index in [-0.39, 0.29) is 24.0 Å². The zero-order valence-corrected chi connectivity index (χ0v) is 15.1. The molecule has 7 nitrogen and oxygen atoms in total. The van der Waals surface area contributed by atoms with Gasteiger partial charge in [0, 0.05) is 24.5 Å². The summed E-state index contributed by atoms with van der Waals surface area (Å²) in [6, 6.07) is 9.12. The molecule has 0 bridgehead atoms.